The second-order valence-electron chi connectivity index (χ2n) is 6.42. The van der Waals surface area contributed by atoms with Crippen LogP contribution < -0.4 is 10.6 Å². The van der Waals surface area contributed by atoms with Crippen LogP contribution in [0, 0.1) is 10.1 Å². The normalized spacial score (nSPS) is 18.5. The molecule has 2 N–H and O–H groups in total. The minimum Gasteiger partial charge on any atom is -0.323 e. The van der Waals surface area contributed by atoms with E-state index in [-0.39, 0.29) is 16.4 Å². The number of carbonyl (C=O) groups excluding carboxylic acids is 3. The Hall–Kier alpha value is -3.46. The summed E-state index contributed by atoms with van der Waals surface area (Å²) in [5.74, 6) is -1.19. The predicted molar refractivity (Wildman–Crippen MR) is 105 cm³/mol. The van der Waals surface area contributed by atoms with E-state index in [1.165, 1.54) is 12.1 Å². The molecule has 1 atom stereocenters. The van der Waals surface area contributed by atoms with E-state index >= 15 is 0 Å². The van der Waals surface area contributed by atoms with Crippen molar-refractivity contribution in [3.8, 4) is 0 Å². The molecule has 0 saturated carbocycles. The molecule has 4 amide bonds. The highest BCUT2D eigenvalue weighted by molar-refractivity contribution is 6.34. The maximum atomic E-state index is 13.0. The molecule has 0 bridgehead atoms. The summed E-state index contributed by atoms with van der Waals surface area (Å²) in [6.07, 6.45) is 0.313. The Bertz CT molecular complexity index is 997. The minimum absolute atomic E-state index is 0.0306. The fourth-order valence-corrected chi connectivity index (χ4v) is 3.41. The number of imide groups is 1. The third kappa shape index (κ3) is 3.77. The second-order valence-corrected chi connectivity index (χ2v) is 6.82. The van der Waals surface area contributed by atoms with Crippen molar-refractivity contribution in [3.63, 3.8) is 0 Å². The van der Waals surface area contributed by atoms with Crippen molar-refractivity contribution in [2.75, 3.05) is 11.9 Å². The zero-order valence-electron chi connectivity index (χ0n) is 15.3. The third-order valence-electron chi connectivity index (χ3n) is 4.71. The quantitative estimate of drug-likeness (QED) is 0.425. The molecule has 150 valence electrons. The van der Waals surface area contributed by atoms with E-state index in [1.807, 2.05) is 0 Å². The van der Waals surface area contributed by atoms with Crippen LogP contribution in [0.15, 0.2) is 48.5 Å². The number of anilines is 1. The summed E-state index contributed by atoms with van der Waals surface area (Å²) in [6.45, 7) is 1.25. The number of amides is 4. The summed E-state index contributed by atoms with van der Waals surface area (Å²) in [5, 5.41) is 15.9. The van der Waals surface area contributed by atoms with Gasteiger partial charge in [-0.15, -0.1) is 0 Å². The van der Waals surface area contributed by atoms with E-state index < -0.39 is 34.9 Å². The SMILES string of the molecule is CCC1(c2ccccc2)NC(=O)N(CC(=O)Nc2ccc([N+](=O)[O-])cc2Cl)C1=O. The number of benzene rings is 2. The van der Waals surface area contributed by atoms with Gasteiger partial charge in [0.25, 0.3) is 11.6 Å². The Morgan fingerprint density at radius 1 is 1.24 bits per heavy atom. The first-order valence-electron chi connectivity index (χ1n) is 8.72. The summed E-state index contributed by atoms with van der Waals surface area (Å²) in [4.78, 5) is 48.8. The van der Waals surface area contributed by atoms with Crippen molar-refractivity contribution in [2.24, 2.45) is 0 Å². The van der Waals surface area contributed by atoms with Gasteiger partial charge in [0.2, 0.25) is 5.91 Å². The third-order valence-corrected chi connectivity index (χ3v) is 5.02. The first-order valence-corrected chi connectivity index (χ1v) is 9.09. The van der Waals surface area contributed by atoms with E-state index in [0.29, 0.717) is 12.0 Å². The fourth-order valence-electron chi connectivity index (χ4n) is 3.18. The van der Waals surface area contributed by atoms with E-state index in [2.05, 4.69) is 10.6 Å². The summed E-state index contributed by atoms with van der Waals surface area (Å²) in [6, 6.07) is 11.7. The van der Waals surface area contributed by atoms with Crippen LogP contribution in [-0.2, 0) is 15.1 Å². The van der Waals surface area contributed by atoms with E-state index in [4.69, 9.17) is 11.6 Å². The van der Waals surface area contributed by atoms with Gasteiger partial charge in [-0.05, 0) is 18.1 Å². The standard InChI is InChI=1S/C19H17ClN4O5/c1-2-19(12-6-4-3-5-7-12)17(26)23(18(27)22-19)11-16(25)21-15-9-8-13(24(28)29)10-14(15)20/h3-10H,2,11H2,1H3,(H,21,25)(H,22,27). The topological polar surface area (TPSA) is 122 Å². The van der Waals surface area contributed by atoms with E-state index in [0.717, 1.165) is 11.0 Å². The number of nitrogens with zero attached hydrogens (tertiary/aromatic N) is 2. The summed E-state index contributed by atoms with van der Waals surface area (Å²) in [7, 11) is 0. The highest BCUT2D eigenvalue weighted by Crippen LogP contribution is 2.32. The molecule has 2 aromatic carbocycles. The van der Waals surface area contributed by atoms with Gasteiger partial charge in [-0.1, -0.05) is 48.9 Å². The Morgan fingerprint density at radius 2 is 1.93 bits per heavy atom. The summed E-state index contributed by atoms with van der Waals surface area (Å²) < 4.78 is 0. The average Bonchev–Trinajstić information content (AvgIpc) is 2.95. The number of nitrogens with one attached hydrogen (secondary N) is 2. The number of halogens is 1. The minimum atomic E-state index is -1.23. The summed E-state index contributed by atoms with van der Waals surface area (Å²) in [5.41, 5.74) is -0.692. The lowest BCUT2D eigenvalue weighted by atomic mass is 9.87. The van der Waals surface area contributed by atoms with Gasteiger partial charge in [0.1, 0.15) is 12.1 Å². The lowest BCUT2D eigenvalue weighted by Gasteiger charge is -2.25. The average molecular weight is 417 g/mol. The molecule has 29 heavy (non-hydrogen) atoms. The molecule has 0 aromatic heterocycles. The molecule has 1 heterocycles. The Kier molecular flexibility index (Phi) is 5.51. The maximum absolute atomic E-state index is 13.0. The molecule has 1 aliphatic rings. The van der Waals surface area contributed by atoms with Crippen molar-refractivity contribution in [1.29, 1.82) is 0 Å². The van der Waals surface area contributed by atoms with Gasteiger partial charge in [-0.2, -0.15) is 0 Å². The van der Waals surface area contributed by atoms with Crippen LogP contribution in [-0.4, -0.2) is 34.2 Å². The molecule has 1 unspecified atom stereocenters. The molecule has 1 fully saturated rings. The molecule has 2 aromatic rings. The van der Waals surface area contributed by atoms with Crippen LogP contribution in [0.5, 0.6) is 0 Å². The molecule has 0 aliphatic carbocycles. The van der Waals surface area contributed by atoms with Gasteiger partial charge in [0.15, 0.2) is 0 Å². The monoisotopic (exact) mass is 416 g/mol. The Morgan fingerprint density at radius 3 is 2.52 bits per heavy atom. The molecule has 3 rings (SSSR count). The van der Waals surface area contributed by atoms with Crippen LogP contribution in [0.25, 0.3) is 0 Å². The van der Waals surface area contributed by atoms with Crippen molar-refractivity contribution in [1.82, 2.24) is 10.2 Å². The number of hydrogen-bond donors (Lipinski definition) is 2. The highest BCUT2D eigenvalue weighted by atomic mass is 35.5. The summed E-state index contributed by atoms with van der Waals surface area (Å²) >= 11 is 5.96. The van der Waals surface area contributed by atoms with Crippen LogP contribution in [0.2, 0.25) is 5.02 Å². The smallest absolute Gasteiger partial charge is 0.323 e. The van der Waals surface area contributed by atoms with E-state index in [1.54, 1.807) is 37.3 Å². The van der Waals surface area contributed by atoms with E-state index in [9.17, 15) is 24.5 Å². The largest absolute Gasteiger partial charge is 0.325 e. The highest BCUT2D eigenvalue weighted by Gasteiger charge is 2.51. The van der Waals surface area contributed by atoms with Crippen LogP contribution in [0.4, 0.5) is 16.2 Å². The first-order chi connectivity index (χ1) is 13.8. The van der Waals surface area contributed by atoms with Gasteiger partial charge in [-0.25, -0.2) is 4.79 Å². The van der Waals surface area contributed by atoms with Gasteiger partial charge in [0, 0.05) is 12.1 Å². The lowest BCUT2D eigenvalue weighted by molar-refractivity contribution is -0.384. The number of urea groups is 1. The number of nitro benzene ring substituents is 1. The lowest BCUT2D eigenvalue weighted by Crippen LogP contribution is -2.44. The number of nitro groups is 1. The van der Waals surface area contributed by atoms with Gasteiger partial charge < -0.3 is 10.6 Å². The molecule has 1 aliphatic heterocycles. The van der Waals surface area contributed by atoms with Crippen LogP contribution in [0.3, 0.4) is 0 Å². The number of non-ortho nitro benzene ring substituents is 1. The second kappa shape index (κ2) is 7.88. The molecule has 9 nitrogen and oxygen atoms in total. The molecule has 0 spiro atoms. The molecule has 0 radical (unpaired) electrons. The van der Waals surface area contributed by atoms with Crippen molar-refractivity contribution in [2.45, 2.75) is 18.9 Å². The maximum Gasteiger partial charge on any atom is 0.325 e. The molecule has 10 heteroatoms. The zero-order chi connectivity index (χ0) is 21.2. The predicted octanol–water partition coefficient (Wildman–Crippen LogP) is 3.04. The van der Waals surface area contributed by atoms with Crippen molar-refractivity contribution < 1.29 is 19.3 Å². The Labute approximate surface area is 170 Å². The number of carbonyl (C=O) groups is 3. The van der Waals surface area contributed by atoms with Crippen molar-refractivity contribution in [3.05, 3.63) is 69.2 Å². The molecular weight excluding hydrogens is 400 g/mol. The van der Waals surface area contributed by atoms with Gasteiger partial charge in [0.05, 0.1) is 15.6 Å². The van der Waals surface area contributed by atoms with Crippen molar-refractivity contribution >= 4 is 40.8 Å². The Balaban J connectivity index is 1.76. The first kappa shape index (κ1) is 20.3. The van der Waals surface area contributed by atoms with Gasteiger partial charge >= 0.3 is 6.03 Å². The van der Waals surface area contributed by atoms with Crippen LogP contribution in [0.1, 0.15) is 18.9 Å². The van der Waals surface area contributed by atoms with Crippen LogP contribution >= 0.6 is 11.6 Å². The number of rotatable bonds is 6. The fraction of sp³-hybridized carbons (Fsp3) is 0.211. The molecular formula is C19H17ClN4O5. The molecule has 1 saturated heterocycles. The van der Waals surface area contributed by atoms with Gasteiger partial charge in [-0.3, -0.25) is 24.6 Å². The zero-order valence-corrected chi connectivity index (χ0v) is 16.1. The number of hydrogen-bond acceptors (Lipinski definition) is 5.